The van der Waals surface area contributed by atoms with E-state index in [0.717, 1.165) is 4.52 Å². The zero-order valence-corrected chi connectivity index (χ0v) is 15.1. The van der Waals surface area contributed by atoms with Gasteiger partial charge in [0.1, 0.15) is 5.82 Å². The van der Waals surface area contributed by atoms with Crippen molar-refractivity contribution in [3.63, 3.8) is 0 Å². The molecule has 1 N–H and O–H groups in total. The van der Waals surface area contributed by atoms with Gasteiger partial charge in [-0.1, -0.05) is 0 Å². The Morgan fingerprint density at radius 1 is 1.27 bits per heavy atom. The number of nitrogens with one attached hydrogen (secondary N) is 1. The van der Waals surface area contributed by atoms with Gasteiger partial charge < -0.3 is 4.90 Å². The number of fused-ring (bicyclic) bond motifs is 1. The maximum Gasteiger partial charge on any atom is 0.453 e. The zero-order valence-electron chi connectivity index (χ0n) is 14.3. The highest BCUT2D eigenvalue weighted by atomic mass is 32.2. The number of hydrogen-bond donors (Lipinski definition) is 1. The van der Waals surface area contributed by atoms with Crippen LogP contribution in [-0.4, -0.2) is 52.9 Å². The number of hydrogen-bond acceptors (Lipinski definition) is 6. The normalized spacial score (nSPS) is 17.2. The Labute approximate surface area is 148 Å². The quantitative estimate of drug-likeness (QED) is 0.845. The fourth-order valence-corrected chi connectivity index (χ4v) is 3.79. The van der Waals surface area contributed by atoms with Gasteiger partial charge in [0.25, 0.3) is 11.6 Å². The van der Waals surface area contributed by atoms with E-state index in [1.54, 1.807) is 19.9 Å². The maximum absolute atomic E-state index is 12.9. The van der Waals surface area contributed by atoms with Crippen molar-refractivity contribution in [2.75, 3.05) is 23.7 Å². The molecule has 8 nitrogen and oxygen atoms in total. The molecule has 1 aliphatic heterocycles. The van der Waals surface area contributed by atoms with Gasteiger partial charge in [0.2, 0.25) is 10.0 Å². The topological polar surface area (TPSA) is 92.5 Å². The predicted molar refractivity (Wildman–Crippen MR) is 88.4 cm³/mol. The summed E-state index contributed by atoms with van der Waals surface area (Å²) < 4.78 is 65.8. The van der Waals surface area contributed by atoms with Crippen LogP contribution in [-0.2, 0) is 16.2 Å². The molecular formula is C14H19F3N6O2S. The third kappa shape index (κ3) is 3.90. The number of piperidine rings is 1. The van der Waals surface area contributed by atoms with Crippen molar-refractivity contribution >= 4 is 21.6 Å². The molecule has 0 unspecified atom stereocenters. The molecule has 3 rings (SSSR count). The Balaban J connectivity index is 1.84. The molecule has 3 heterocycles. The molecule has 1 aliphatic rings. The molecule has 0 radical (unpaired) electrons. The number of aryl methyl sites for hydroxylation is 1. The van der Waals surface area contributed by atoms with E-state index in [-0.39, 0.29) is 17.6 Å². The van der Waals surface area contributed by atoms with E-state index in [9.17, 15) is 21.6 Å². The van der Waals surface area contributed by atoms with Gasteiger partial charge in [0, 0.05) is 30.9 Å². The van der Waals surface area contributed by atoms with Crippen LogP contribution >= 0.6 is 0 Å². The molecule has 0 bridgehead atoms. The monoisotopic (exact) mass is 392 g/mol. The van der Waals surface area contributed by atoms with E-state index in [1.165, 1.54) is 0 Å². The van der Waals surface area contributed by atoms with E-state index in [0.29, 0.717) is 37.4 Å². The lowest BCUT2D eigenvalue weighted by Crippen LogP contribution is -2.45. The van der Waals surface area contributed by atoms with Crippen molar-refractivity contribution in [3.8, 4) is 0 Å². The van der Waals surface area contributed by atoms with Crippen molar-refractivity contribution in [3.05, 3.63) is 17.6 Å². The summed E-state index contributed by atoms with van der Waals surface area (Å²) in [6.45, 7) is 4.21. The minimum atomic E-state index is -4.65. The maximum atomic E-state index is 12.9. The van der Waals surface area contributed by atoms with Crippen molar-refractivity contribution in [2.45, 2.75) is 38.9 Å². The average Bonchev–Trinajstić information content (AvgIpc) is 2.98. The van der Waals surface area contributed by atoms with Crippen LogP contribution in [0.4, 0.5) is 19.0 Å². The Morgan fingerprint density at radius 2 is 1.92 bits per heavy atom. The van der Waals surface area contributed by atoms with Crippen LogP contribution in [0.5, 0.6) is 0 Å². The van der Waals surface area contributed by atoms with Crippen molar-refractivity contribution in [2.24, 2.45) is 0 Å². The van der Waals surface area contributed by atoms with Crippen LogP contribution in [0.25, 0.3) is 5.78 Å². The average molecular weight is 392 g/mol. The van der Waals surface area contributed by atoms with E-state index >= 15 is 0 Å². The summed E-state index contributed by atoms with van der Waals surface area (Å²) in [5.74, 6) is -0.868. The first-order valence-electron chi connectivity index (χ1n) is 8.15. The molecule has 1 fully saturated rings. The highest BCUT2D eigenvalue weighted by molar-refractivity contribution is 7.89. The van der Waals surface area contributed by atoms with Gasteiger partial charge in [-0.05, 0) is 26.7 Å². The Hall–Kier alpha value is -1.95. The van der Waals surface area contributed by atoms with E-state index in [2.05, 4.69) is 19.8 Å². The molecule has 0 aliphatic carbocycles. The second-order valence-electron chi connectivity index (χ2n) is 6.18. The summed E-state index contributed by atoms with van der Waals surface area (Å²) in [5.41, 5.74) is 0.530. The number of rotatable bonds is 4. The van der Waals surface area contributed by atoms with E-state index in [4.69, 9.17) is 0 Å². The molecule has 0 aromatic carbocycles. The first kappa shape index (κ1) is 18.8. The van der Waals surface area contributed by atoms with Gasteiger partial charge in [-0.3, -0.25) is 0 Å². The number of halogens is 3. The Bertz CT molecular complexity index is 903. The molecule has 26 heavy (non-hydrogen) atoms. The molecule has 2 aromatic rings. The third-order valence-electron chi connectivity index (χ3n) is 4.22. The molecule has 0 atom stereocenters. The highest BCUT2D eigenvalue weighted by Gasteiger charge is 2.37. The summed E-state index contributed by atoms with van der Waals surface area (Å²) in [5, 5.41) is 3.56. The fourth-order valence-electron chi connectivity index (χ4n) is 2.88. The van der Waals surface area contributed by atoms with E-state index < -0.39 is 22.0 Å². The lowest BCUT2D eigenvalue weighted by molar-refractivity contribution is -0.144. The zero-order chi connectivity index (χ0) is 19.1. The van der Waals surface area contributed by atoms with Crippen LogP contribution in [0.3, 0.4) is 0 Å². The summed E-state index contributed by atoms with van der Waals surface area (Å²) in [6, 6.07) is 1.47. The summed E-state index contributed by atoms with van der Waals surface area (Å²) in [7, 11) is -3.29. The lowest BCUT2D eigenvalue weighted by Gasteiger charge is -2.33. The molecule has 12 heteroatoms. The van der Waals surface area contributed by atoms with Crippen molar-refractivity contribution < 1.29 is 21.6 Å². The second-order valence-corrected chi connectivity index (χ2v) is 8.23. The Kier molecular flexibility index (Phi) is 4.82. The molecule has 2 aromatic heterocycles. The number of nitrogens with zero attached hydrogens (tertiary/aromatic N) is 5. The summed E-state index contributed by atoms with van der Waals surface area (Å²) in [6.07, 6.45) is -3.56. The molecule has 0 spiro atoms. The van der Waals surface area contributed by atoms with Crippen LogP contribution < -0.4 is 9.62 Å². The van der Waals surface area contributed by atoms with Gasteiger partial charge in [0.05, 0.1) is 5.75 Å². The minimum absolute atomic E-state index is 0.0105. The first-order valence-corrected chi connectivity index (χ1v) is 9.81. The second kappa shape index (κ2) is 6.65. The van der Waals surface area contributed by atoms with Crippen molar-refractivity contribution in [1.29, 1.82) is 0 Å². The molecule has 1 saturated heterocycles. The molecular weight excluding hydrogens is 373 g/mol. The van der Waals surface area contributed by atoms with Crippen LogP contribution in [0.1, 0.15) is 31.3 Å². The number of alkyl halides is 3. The minimum Gasteiger partial charge on any atom is -0.356 e. The first-order chi connectivity index (χ1) is 12.1. The predicted octanol–water partition coefficient (Wildman–Crippen LogP) is 1.36. The van der Waals surface area contributed by atoms with Crippen molar-refractivity contribution in [1.82, 2.24) is 24.3 Å². The van der Waals surface area contributed by atoms with Gasteiger partial charge in [-0.2, -0.15) is 22.7 Å². The molecule has 144 valence electrons. The largest absolute Gasteiger partial charge is 0.453 e. The highest BCUT2D eigenvalue weighted by Crippen LogP contribution is 2.28. The smallest absolute Gasteiger partial charge is 0.356 e. The summed E-state index contributed by atoms with van der Waals surface area (Å²) in [4.78, 5) is 9.35. The summed E-state index contributed by atoms with van der Waals surface area (Å²) >= 11 is 0. The van der Waals surface area contributed by atoms with Gasteiger partial charge in [-0.15, -0.1) is 5.10 Å². The van der Waals surface area contributed by atoms with E-state index in [1.807, 2.05) is 4.90 Å². The van der Waals surface area contributed by atoms with Gasteiger partial charge >= 0.3 is 6.18 Å². The SMILES string of the molecule is CCS(=O)(=O)NC1CCN(c2cc(C)nc3nc(C(F)(F)F)nn23)CC1. The number of sulfonamides is 1. The van der Waals surface area contributed by atoms with Crippen LogP contribution in [0, 0.1) is 6.92 Å². The number of aromatic nitrogens is 4. The lowest BCUT2D eigenvalue weighted by atomic mass is 10.1. The Morgan fingerprint density at radius 3 is 2.50 bits per heavy atom. The molecule has 0 amide bonds. The molecule has 0 saturated carbocycles. The standard InChI is InChI=1S/C14H19F3N6O2S/c1-3-26(24,25)21-10-4-6-22(7-5-10)11-8-9(2)18-13-19-12(14(15,16)17)20-23(11)13/h8,10,21H,3-7H2,1-2H3. The van der Waals surface area contributed by atoms with Crippen LogP contribution in [0.2, 0.25) is 0 Å². The third-order valence-corrected chi connectivity index (χ3v) is 5.67. The number of anilines is 1. The van der Waals surface area contributed by atoms with Crippen LogP contribution in [0.15, 0.2) is 6.07 Å². The van der Waals surface area contributed by atoms with Gasteiger partial charge in [0.15, 0.2) is 0 Å². The fraction of sp³-hybridized carbons (Fsp3) is 0.643. The van der Waals surface area contributed by atoms with Gasteiger partial charge in [-0.25, -0.2) is 18.1 Å².